The zero-order valence-electron chi connectivity index (χ0n) is 11.9. The molecule has 6 heteroatoms. The highest BCUT2D eigenvalue weighted by atomic mass is 19.1. The van der Waals surface area contributed by atoms with Crippen molar-refractivity contribution in [2.75, 3.05) is 25.0 Å². The van der Waals surface area contributed by atoms with Crippen LogP contribution in [0.2, 0.25) is 0 Å². The summed E-state index contributed by atoms with van der Waals surface area (Å²) in [5.41, 5.74) is -0.135. The largest absolute Gasteiger partial charge is 0.381 e. The monoisotopic (exact) mass is 296 g/mol. The number of anilines is 1. The Balaban J connectivity index is 1.81. The van der Waals surface area contributed by atoms with Gasteiger partial charge in [-0.15, -0.1) is 0 Å². The number of amides is 1. The third-order valence-corrected chi connectivity index (χ3v) is 3.97. The number of benzene rings is 1. The molecule has 2 aliphatic rings. The molecule has 2 atom stereocenters. The van der Waals surface area contributed by atoms with Crippen LogP contribution in [-0.4, -0.2) is 42.6 Å². The van der Waals surface area contributed by atoms with E-state index < -0.39 is 11.6 Å². The molecule has 21 heavy (non-hydrogen) atoms. The number of fused-ring (bicyclic) bond motifs is 2. The van der Waals surface area contributed by atoms with E-state index in [0.29, 0.717) is 19.6 Å². The van der Waals surface area contributed by atoms with E-state index in [1.807, 2.05) is 0 Å². The van der Waals surface area contributed by atoms with E-state index in [1.54, 1.807) is 11.8 Å². The predicted octanol–water partition coefficient (Wildman–Crippen LogP) is 2.40. The maximum atomic E-state index is 13.9. The van der Waals surface area contributed by atoms with E-state index in [1.165, 1.54) is 0 Å². The van der Waals surface area contributed by atoms with Gasteiger partial charge < -0.3 is 15.0 Å². The van der Waals surface area contributed by atoms with Gasteiger partial charge in [-0.2, -0.15) is 0 Å². The van der Waals surface area contributed by atoms with E-state index in [4.69, 9.17) is 4.74 Å². The van der Waals surface area contributed by atoms with Crippen molar-refractivity contribution >= 4 is 11.6 Å². The highest BCUT2D eigenvalue weighted by Crippen LogP contribution is 2.28. The molecule has 2 fully saturated rings. The molecule has 0 aliphatic carbocycles. The van der Waals surface area contributed by atoms with E-state index in [-0.39, 0.29) is 29.4 Å². The Hall–Kier alpha value is -1.69. The summed E-state index contributed by atoms with van der Waals surface area (Å²) >= 11 is 0. The summed E-state index contributed by atoms with van der Waals surface area (Å²) in [7, 11) is 0. The molecule has 0 radical (unpaired) electrons. The zero-order chi connectivity index (χ0) is 15.0. The van der Waals surface area contributed by atoms with Crippen molar-refractivity contribution in [3.63, 3.8) is 0 Å². The number of likely N-dealkylation sites (tertiary alicyclic amines) is 1. The molecule has 0 saturated carbocycles. The van der Waals surface area contributed by atoms with Crippen LogP contribution in [0.5, 0.6) is 0 Å². The summed E-state index contributed by atoms with van der Waals surface area (Å²) in [6.07, 6.45) is 2.00. The fraction of sp³-hybridized carbons (Fsp3) is 0.533. The first-order valence-corrected chi connectivity index (χ1v) is 7.26. The van der Waals surface area contributed by atoms with Gasteiger partial charge in [0.05, 0.1) is 12.2 Å². The molecule has 2 heterocycles. The summed E-state index contributed by atoms with van der Waals surface area (Å²) in [5, 5.41) is 2.62. The standard InChI is InChI=1S/C15H18F2N2O2/c1-2-18-14-12(16)5-9(6-13(14)17)15(20)19-7-10-3-4-11(8-19)21-10/h5-6,10-11,18H,2-4,7-8H2,1H3. The van der Waals surface area contributed by atoms with Crippen LogP contribution < -0.4 is 5.32 Å². The molecule has 0 spiro atoms. The molecule has 2 unspecified atom stereocenters. The van der Waals surface area contributed by atoms with Crippen LogP contribution in [0, 0.1) is 11.6 Å². The van der Waals surface area contributed by atoms with Gasteiger partial charge in [-0.25, -0.2) is 8.78 Å². The van der Waals surface area contributed by atoms with Gasteiger partial charge in [-0.3, -0.25) is 4.79 Å². The van der Waals surface area contributed by atoms with Crippen molar-refractivity contribution in [3.05, 3.63) is 29.3 Å². The lowest BCUT2D eigenvalue weighted by Gasteiger charge is -2.32. The summed E-state index contributed by atoms with van der Waals surface area (Å²) < 4.78 is 33.4. The van der Waals surface area contributed by atoms with Gasteiger partial charge in [0.25, 0.3) is 5.91 Å². The topological polar surface area (TPSA) is 41.6 Å². The summed E-state index contributed by atoms with van der Waals surface area (Å²) in [5.74, 6) is -1.82. The second-order valence-corrected chi connectivity index (χ2v) is 5.51. The van der Waals surface area contributed by atoms with Crippen LogP contribution in [0.1, 0.15) is 30.1 Å². The Kier molecular flexibility index (Phi) is 3.80. The molecule has 2 bridgehead atoms. The lowest BCUT2D eigenvalue weighted by atomic mass is 10.1. The SMILES string of the molecule is CCNc1c(F)cc(C(=O)N2CC3CCC(C2)O3)cc1F. The minimum atomic E-state index is -0.739. The molecular weight excluding hydrogens is 278 g/mol. The lowest BCUT2D eigenvalue weighted by Crippen LogP contribution is -2.45. The molecule has 1 aromatic rings. The number of morpholine rings is 1. The van der Waals surface area contributed by atoms with Crippen LogP contribution in [0.15, 0.2) is 12.1 Å². The zero-order valence-corrected chi connectivity index (χ0v) is 11.9. The van der Waals surface area contributed by atoms with Crippen LogP contribution in [-0.2, 0) is 4.74 Å². The van der Waals surface area contributed by atoms with Crippen LogP contribution in [0.25, 0.3) is 0 Å². The molecule has 2 saturated heterocycles. The van der Waals surface area contributed by atoms with E-state index in [2.05, 4.69) is 5.32 Å². The number of carbonyl (C=O) groups excluding carboxylic acids is 1. The average Bonchev–Trinajstić information content (AvgIpc) is 2.80. The van der Waals surface area contributed by atoms with Crippen LogP contribution in [0.3, 0.4) is 0 Å². The van der Waals surface area contributed by atoms with Crippen molar-refractivity contribution in [3.8, 4) is 0 Å². The third kappa shape index (κ3) is 2.72. The fourth-order valence-electron chi connectivity index (χ4n) is 3.01. The summed E-state index contributed by atoms with van der Waals surface area (Å²) in [4.78, 5) is 14.0. The Labute approximate surface area is 122 Å². The molecule has 4 nitrogen and oxygen atoms in total. The first-order valence-electron chi connectivity index (χ1n) is 7.26. The lowest BCUT2D eigenvalue weighted by molar-refractivity contribution is -0.0303. The van der Waals surface area contributed by atoms with Gasteiger partial charge >= 0.3 is 0 Å². The number of hydrogen-bond donors (Lipinski definition) is 1. The Morgan fingerprint density at radius 2 is 1.86 bits per heavy atom. The quantitative estimate of drug-likeness (QED) is 0.931. The van der Waals surface area contributed by atoms with Crippen molar-refractivity contribution < 1.29 is 18.3 Å². The van der Waals surface area contributed by atoms with Gasteiger partial charge in [0, 0.05) is 25.2 Å². The van der Waals surface area contributed by atoms with E-state index in [0.717, 1.165) is 25.0 Å². The number of halogens is 2. The van der Waals surface area contributed by atoms with Crippen molar-refractivity contribution in [1.29, 1.82) is 0 Å². The van der Waals surface area contributed by atoms with Crippen LogP contribution in [0.4, 0.5) is 14.5 Å². The average molecular weight is 296 g/mol. The number of rotatable bonds is 3. The number of nitrogens with one attached hydrogen (secondary N) is 1. The molecule has 0 aromatic heterocycles. The first-order chi connectivity index (χ1) is 10.1. The number of ether oxygens (including phenoxy) is 1. The molecule has 2 aliphatic heterocycles. The highest BCUT2D eigenvalue weighted by molar-refractivity contribution is 5.94. The smallest absolute Gasteiger partial charge is 0.254 e. The van der Waals surface area contributed by atoms with E-state index in [9.17, 15) is 13.6 Å². The minimum absolute atomic E-state index is 0.0490. The second kappa shape index (κ2) is 5.60. The number of hydrogen-bond acceptors (Lipinski definition) is 3. The molecule has 3 rings (SSSR count). The predicted molar refractivity (Wildman–Crippen MR) is 74.3 cm³/mol. The summed E-state index contributed by atoms with van der Waals surface area (Å²) in [6.45, 7) is 3.15. The fourth-order valence-corrected chi connectivity index (χ4v) is 3.01. The second-order valence-electron chi connectivity index (χ2n) is 5.51. The normalized spacial score (nSPS) is 24.2. The van der Waals surface area contributed by atoms with E-state index >= 15 is 0 Å². The van der Waals surface area contributed by atoms with Crippen LogP contribution >= 0.6 is 0 Å². The third-order valence-electron chi connectivity index (χ3n) is 3.97. The van der Waals surface area contributed by atoms with Crippen molar-refractivity contribution in [2.45, 2.75) is 32.0 Å². The maximum absolute atomic E-state index is 13.9. The Bertz CT molecular complexity index is 530. The maximum Gasteiger partial charge on any atom is 0.254 e. The highest BCUT2D eigenvalue weighted by Gasteiger charge is 2.36. The summed E-state index contributed by atoms with van der Waals surface area (Å²) in [6, 6.07) is 2.20. The first kappa shape index (κ1) is 14.3. The van der Waals surface area contributed by atoms with Gasteiger partial charge in [-0.1, -0.05) is 0 Å². The van der Waals surface area contributed by atoms with Crippen molar-refractivity contribution in [1.82, 2.24) is 4.90 Å². The molecular formula is C15H18F2N2O2. The molecule has 1 amide bonds. The minimum Gasteiger partial charge on any atom is -0.381 e. The van der Waals surface area contributed by atoms with Crippen molar-refractivity contribution in [2.24, 2.45) is 0 Å². The Morgan fingerprint density at radius 3 is 2.38 bits per heavy atom. The van der Waals surface area contributed by atoms with Gasteiger partial charge in [0.15, 0.2) is 0 Å². The number of carbonyl (C=O) groups is 1. The van der Waals surface area contributed by atoms with Gasteiger partial charge in [-0.05, 0) is 31.9 Å². The Morgan fingerprint density at radius 1 is 1.29 bits per heavy atom. The van der Waals surface area contributed by atoms with Gasteiger partial charge in [0.2, 0.25) is 0 Å². The van der Waals surface area contributed by atoms with Gasteiger partial charge in [0.1, 0.15) is 17.3 Å². The number of nitrogens with zero attached hydrogens (tertiary/aromatic N) is 1. The molecule has 114 valence electrons. The molecule has 1 N–H and O–H groups in total. The molecule has 1 aromatic carbocycles.